The molecule has 0 bridgehead atoms. The van der Waals surface area contributed by atoms with Gasteiger partial charge in [-0.3, -0.25) is 9.59 Å². The van der Waals surface area contributed by atoms with Gasteiger partial charge < -0.3 is 28.7 Å². The van der Waals surface area contributed by atoms with Gasteiger partial charge in [0.05, 0.1) is 43.9 Å². The SMILES string of the molecule is COc1ccc(CN2CC3N(CCCn4ccnc4)c4ccc(C(F)(F)F)cc4C(=O)N3[C@@H](C(C)C)C2=O)c(OC)c1. The van der Waals surface area contributed by atoms with E-state index < -0.39 is 29.9 Å². The fraction of sp³-hybridized carbons (Fsp3) is 0.433. The molecule has 1 fully saturated rings. The molecule has 2 amide bonds. The number of aryl methyl sites for hydroxylation is 1. The van der Waals surface area contributed by atoms with E-state index in [9.17, 15) is 22.8 Å². The number of anilines is 1. The van der Waals surface area contributed by atoms with Gasteiger partial charge in [-0.25, -0.2) is 4.98 Å². The van der Waals surface area contributed by atoms with Crippen LogP contribution in [0, 0.1) is 5.92 Å². The maximum Gasteiger partial charge on any atom is 0.416 e. The molecule has 12 heteroatoms. The van der Waals surface area contributed by atoms with Gasteiger partial charge in [0, 0.05) is 43.7 Å². The molecule has 2 atom stereocenters. The standard InChI is InChI=1S/C30H34F3N5O4/c1-19(2)27-29(40)36(16-20-6-8-22(41-3)15-25(20)42-4)17-26-37(12-5-11-35-13-10-34-18-35)24-9-7-21(30(31,32)33)14-23(24)28(39)38(26)27/h6-10,13-15,18-19,26-27H,5,11-12,16-17H2,1-4H3/t26?,27-/m0/s1. The molecule has 1 aromatic heterocycles. The van der Waals surface area contributed by atoms with Crippen LogP contribution in [0.4, 0.5) is 18.9 Å². The van der Waals surface area contributed by atoms with E-state index >= 15 is 0 Å². The Kier molecular flexibility index (Phi) is 8.07. The largest absolute Gasteiger partial charge is 0.497 e. The van der Waals surface area contributed by atoms with Crippen molar-refractivity contribution in [3.8, 4) is 11.5 Å². The molecule has 0 aliphatic carbocycles. The molecule has 224 valence electrons. The van der Waals surface area contributed by atoms with Gasteiger partial charge in [-0.1, -0.05) is 13.8 Å². The highest BCUT2D eigenvalue weighted by Gasteiger charge is 2.50. The van der Waals surface area contributed by atoms with E-state index in [-0.39, 0.29) is 30.5 Å². The summed E-state index contributed by atoms with van der Waals surface area (Å²) in [5.74, 6) is 0.0581. The van der Waals surface area contributed by atoms with Crippen molar-refractivity contribution >= 4 is 17.5 Å². The van der Waals surface area contributed by atoms with Crippen LogP contribution in [0.3, 0.4) is 0 Å². The molecule has 1 unspecified atom stereocenters. The molecule has 0 saturated carbocycles. The Hall–Kier alpha value is -4.22. The molecule has 3 heterocycles. The zero-order valence-electron chi connectivity index (χ0n) is 24.0. The maximum atomic E-state index is 14.0. The molecular formula is C30H34F3N5O4. The summed E-state index contributed by atoms with van der Waals surface area (Å²) in [6.07, 6.45) is 0.685. The minimum Gasteiger partial charge on any atom is -0.497 e. The first-order valence-electron chi connectivity index (χ1n) is 13.8. The predicted molar refractivity (Wildman–Crippen MR) is 149 cm³/mol. The van der Waals surface area contributed by atoms with Crippen molar-refractivity contribution in [3.05, 3.63) is 71.8 Å². The number of piperazine rings is 1. The second kappa shape index (κ2) is 11.6. The Labute approximate surface area is 242 Å². The minimum atomic E-state index is -4.61. The summed E-state index contributed by atoms with van der Waals surface area (Å²) < 4.78 is 53.8. The summed E-state index contributed by atoms with van der Waals surface area (Å²) in [7, 11) is 3.10. The fourth-order valence-electron chi connectivity index (χ4n) is 5.86. The first-order chi connectivity index (χ1) is 20.0. The van der Waals surface area contributed by atoms with Crippen LogP contribution in [0.5, 0.6) is 11.5 Å². The number of imidazole rings is 1. The van der Waals surface area contributed by atoms with E-state index in [2.05, 4.69) is 4.98 Å². The van der Waals surface area contributed by atoms with Crippen molar-refractivity contribution in [3.63, 3.8) is 0 Å². The van der Waals surface area contributed by atoms with Gasteiger partial charge in [0.15, 0.2) is 0 Å². The number of amides is 2. The number of aromatic nitrogens is 2. The van der Waals surface area contributed by atoms with E-state index in [1.165, 1.54) is 11.0 Å². The number of nitrogens with zero attached hydrogens (tertiary/aromatic N) is 5. The second-order valence-electron chi connectivity index (χ2n) is 10.9. The van der Waals surface area contributed by atoms with Crippen molar-refractivity contribution in [2.75, 3.05) is 32.2 Å². The Morgan fingerprint density at radius 2 is 1.83 bits per heavy atom. The van der Waals surface area contributed by atoms with E-state index in [4.69, 9.17) is 9.47 Å². The van der Waals surface area contributed by atoms with Gasteiger partial charge in [-0.05, 0) is 42.7 Å². The summed E-state index contributed by atoms with van der Waals surface area (Å²) in [4.78, 5) is 37.2. The molecule has 0 N–H and O–H groups in total. The molecule has 1 saturated heterocycles. The number of rotatable bonds is 9. The molecule has 0 spiro atoms. The average molecular weight is 586 g/mol. The topological polar surface area (TPSA) is 80.1 Å². The summed E-state index contributed by atoms with van der Waals surface area (Å²) in [5, 5.41) is 0. The highest BCUT2D eigenvalue weighted by molar-refractivity contribution is 6.05. The molecular weight excluding hydrogens is 551 g/mol. The Morgan fingerprint density at radius 1 is 1.05 bits per heavy atom. The third kappa shape index (κ3) is 5.49. The highest BCUT2D eigenvalue weighted by Crippen LogP contribution is 2.40. The number of carbonyl (C=O) groups is 2. The number of alkyl halides is 3. The van der Waals surface area contributed by atoms with E-state index in [0.29, 0.717) is 36.7 Å². The van der Waals surface area contributed by atoms with Gasteiger partial charge in [0.1, 0.15) is 23.7 Å². The number of fused-ring (bicyclic) bond motifs is 2. The first kappa shape index (κ1) is 29.3. The molecule has 0 radical (unpaired) electrons. The van der Waals surface area contributed by atoms with E-state index in [0.717, 1.165) is 17.7 Å². The van der Waals surface area contributed by atoms with Crippen LogP contribution < -0.4 is 14.4 Å². The highest BCUT2D eigenvalue weighted by atomic mass is 19.4. The lowest BCUT2D eigenvalue weighted by atomic mass is 9.92. The number of benzene rings is 2. The van der Waals surface area contributed by atoms with Gasteiger partial charge in [-0.15, -0.1) is 0 Å². The van der Waals surface area contributed by atoms with Gasteiger partial charge in [-0.2, -0.15) is 13.2 Å². The molecule has 2 aliphatic rings. The van der Waals surface area contributed by atoms with E-state index in [1.54, 1.807) is 43.8 Å². The van der Waals surface area contributed by atoms with Crippen LogP contribution >= 0.6 is 0 Å². The molecule has 42 heavy (non-hydrogen) atoms. The Balaban J connectivity index is 1.54. The number of carbonyl (C=O) groups excluding carboxylic acids is 2. The zero-order valence-corrected chi connectivity index (χ0v) is 24.0. The monoisotopic (exact) mass is 585 g/mol. The lowest BCUT2D eigenvalue weighted by molar-refractivity contribution is -0.146. The zero-order chi connectivity index (χ0) is 30.2. The van der Waals surface area contributed by atoms with Crippen LogP contribution in [0.1, 0.15) is 41.8 Å². The maximum absolute atomic E-state index is 14.0. The Morgan fingerprint density at radius 3 is 2.48 bits per heavy atom. The van der Waals surface area contributed by atoms with Crippen molar-refractivity contribution in [1.82, 2.24) is 19.4 Å². The molecule has 3 aromatic rings. The van der Waals surface area contributed by atoms with Crippen LogP contribution in [0.2, 0.25) is 0 Å². The van der Waals surface area contributed by atoms with Crippen molar-refractivity contribution in [2.24, 2.45) is 5.92 Å². The number of methoxy groups -OCH3 is 2. The van der Waals surface area contributed by atoms with Gasteiger partial charge >= 0.3 is 6.18 Å². The van der Waals surface area contributed by atoms with Crippen LogP contribution in [0.25, 0.3) is 0 Å². The Bertz CT molecular complexity index is 1440. The quantitative estimate of drug-likeness (QED) is 0.364. The van der Waals surface area contributed by atoms with Crippen LogP contribution in [-0.4, -0.2) is 70.7 Å². The van der Waals surface area contributed by atoms with Gasteiger partial charge in [0.25, 0.3) is 5.91 Å². The molecule has 9 nitrogen and oxygen atoms in total. The van der Waals surface area contributed by atoms with Crippen LogP contribution in [0.15, 0.2) is 55.1 Å². The number of hydrogen-bond acceptors (Lipinski definition) is 6. The number of halogens is 3. The molecule has 5 rings (SSSR count). The van der Waals surface area contributed by atoms with Crippen molar-refractivity contribution in [2.45, 2.75) is 51.7 Å². The first-order valence-corrected chi connectivity index (χ1v) is 13.8. The van der Waals surface area contributed by atoms with Crippen molar-refractivity contribution in [1.29, 1.82) is 0 Å². The summed E-state index contributed by atoms with van der Waals surface area (Å²) in [6.45, 7) is 5.17. The van der Waals surface area contributed by atoms with Crippen molar-refractivity contribution < 1.29 is 32.2 Å². The average Bonchev–Trinajstić information content (AvgIpc) is 3.48. The summed E-state index contributed by atoms with van der Waals surface area (Å²) >= 11 is 0. The lowest BCUT2D eigenvalue weighted by Gasteiger charge is -2.54. The minimum absolute atomic E-state index is 0.0487. The van der Waals surface area contributed by atoms with Crippen LogP contribution in [-0.2, 0) is 24.1 Å². The van der Waals surface area contributed by atoms with Gasteiger partial charge in [0.2, 0.25) is 5.91 Å². The third-order valence-electron chi connectivity index (χ3n) is 7.89. The normalized spacial score (nSPS) is 18.8. The third-order valence-corrected chi connectivity index (χ3v) is 7.89. The predicted octanol–water partition coefficient (Wildman–Crippen LogP) is 4.66. The number of ether oxygens (including phenoxy) is 2. The summed E-state index contributed by atoms with van der Waals surface area (Å²) in [5.41, 5.74) is 0.252. The lowest BCUT2D eigenvalue weighted by Crippen LogP contribution is -2.71. The molecule has 2 aromatic carbocycles. The number of hydrogen-bond donors (Lipinski definition) is 0. The fourth-order valence-corrected chi connectivity index (χ4v) is 5.86. The molecule has 2 aliphatic heterocycles. The van der Waals surface area contributed by atoms with E-state index in [1.807, 2.05) is 35.6 Å². The second-order valence-corrected chi connectivity index (χ2v) is 10.9. The summed E-state index contributed by atoms with van der Waals surface area (Å²) in [6, 6.07) is 7.81. The smallest absolute Gasteiger partial charge is 0.416 e.